The van der Waals surface area contributed by atoms with E-state index in [-0.39, 0.29) is 46.5 Å². The number of carboxylic acid groups (broad SMARTS) is 1. The molecule has 0 bridgehead atoms. The van der Waals surface area contributed by atoms with E-state index in [4.69, 9.17) is 19.9 Å². The van der Waals surface area contributed by atoms with Crippen LogP contribution in [0.25, 0.3) is 0 Å². The summed E-state index contributed by atoms with van der Waals surface area (Å²) >= 11 is 0. The summed E-state index contributed by atoms with van der Waals surface area (Å²) in [6.07, 6.45) is 1.34. The largest absolute Gasteiger partial charge is 0.497 e. The Hall–Kier alpha value is -4.29. The van der Waals surface area contributed by atoms with Gasteiger partial charge in [-0.3, -0.25) is 9.52 Å². The Kier molecular flexibility index (Phi) is 8.50. The Balaban J connectivity index is 1.49. The number of ether oxygens (including phenoxy) is 3. The van der Waals surface area contributed by atoms with Crippen molar-refractivity contribution in [3.05, 3.63) is 76.9 Å². The number of nitrogens with one attached hydrogen (secondary N) is 1. The van der Waals surface area contributed by atoms with E-state index in [1.807, 2.05) is 13.8 Å². The lowest BCUT2D eigenvalue weighted by Gasteiger charge is -2.28. The monoisotopic (exact) mass is 623 g/mol. The minimum Gasteiger partial charge on any atom is -0.497 e. The van der Waals surface area contributed by atoms with Gasteiger partial charge in [-0.1, -0.05) is 18.2 Å². The number of benzene rings is 3. The second-order valence-corrected chi connectivity index (χ2v) is 13.5. The van der Waals surface area contributed by atoms with Crippen molar-refractivity contribution in [2.45, 2.75) is 49.6 Å². The molecule has 12 heteroatoms. The number of hydrogen-bond acceptors (Lipinski definition) is 8. The minimum absolute atomic E-state index is 0.0748. The van der Waals surface area contributed by atoms with Gasteiger partial charge in [0.2, 0.25) is 0 Å². The standard InChI is InChI=1S/C32H37N3O8S/c1-32(2,33)13-14-35(17-19-9-10-21(41-3)16-26(19)42-4)30(36)23-7-5-6-8-27(23)44(39,40)34-25-12-11-22-24-15-20(24)18-43-29(22)28(25)31(37)38/h5-12,16,20,24,34H,13-15,17-18,33H2,1-4H3,(H,37,38). The van der Waals surface area contributed by atoms with E-state index >= 15 is 0 Å². The number of rotatable bonds is 12. The highest BCUT2D eigenvalue weighted by atomic mass is 32.2. The number of aromatic carboxylic acids is 1. The molecule has 0 spiro atoms. The number of nitrogens with two attached hydrogens (primary N) is 1. The molecule has 2 atom stereocenters. The van der Waals surface area contributed by atoms with Crippen LogP contribution in [0.15, 0.2) is 59.5 Å². The third kappa shape index (κ3) is 6.46. The average Bonchev–Trinajstić information content (AvgIpc) is 3.78. The molecule has 44 heavy (non-hydrogen) atoms. The SMILES string of the molecule is COc1ccc(CN(CCC(C)(C)N)C(=O)c2ccccc2S(=O)(=O)Nc2ccc3c(c2C(=O)O)OCC2CC32)c(OC)c1. The maximum Gasteiger partial charge on any atom is 0.341 e. The molecule has 4 N–H and O–H groups in total. The maximum absolute atomic E-state index is 14.1. The highest BCUT2D eigenvalue weighted by Crippen LogP contribution is 2.55. The number of hydrogen-bond donors (Lipinski definition) is 3. The van der Waals surface area contributed by atoms with Crippen LogP contribution in [0.4, 0.5) is 5.69 Å². The highest BCUT2D eigenvalue weighted by Gasteiger charge is 2.45. The number of fused-ring (bicyclic) bond motifs is 3. The average molecular weight is 624 g/mol. The molecule has 1 heterocycles. The van der Waals surface area contributed by atoms with Gasteiger partial charge in [-0.25, -0.2) is 13.2 Å². The molecule has 3 aromatic carbocycles. The van der Waals surface area contributed by atoms with Crippen LogP contribution in [0.2, 0.25) is 0 Å². The fraction of sp³-hybridized carbons (Fsp3) is 0.375. The number of amides is 1. The first kappa shape index (κ1) is 31.1. The lowest BCUT2D eigenvalue weighted by Crippen LogP contribution is -2.40. The van der Waals surface area contributed by atoms with E-state index < -0.39 is 27.4 Å². The quantitative estimate of drug-likeness (QED) is 0.265. The number of carbonyl (C=O) groups excluding carboxylic acids is 1. The van der Waals surface area contributed by atoms with Crippen molar-refractivity contribution in [3.8, 4) is 17.2 Å². The van der Waals surface area contributed by atoms with E-state index in [1.54, 1.807) is 30.3 Å². The van der Waals surface area contributed by atoms with Crippen LogP contribution in [-0.4, -0.2) is 63.2 Å². The van der Waals surface area contributed by atoms with Crippen molar-refractivity contribution in [1.82, 2.24) is 4.90 Å². The third-order valence-corrected chi connectivity index (χ3v) is 9.41. The van der Waals surface area contributed by atoms with Crippen LogP contribution in [0.5, 0.6) is 17.2 Å². The molecule has 1 fully saturated rings. The molecule has 0 aromatic heterocycles. The van der Waals surface area contributed by atoms with Crippen LogP contribution in [0, 0.1) is 5.92 Å². The van der Waals surface area contributed by atoms with Gasteiger partial charge in [0, 0.05) is 36.2 Å². The van der Waals surface area contributed by atoms with E-state index in [1.165, 1.54) is 43.4 Å². The summed E-state index contributed by atoms with van der Waals surface area (Å²) in [5.74, 6) is -0.00807. The number of carbonyl (C=O) groups is 2. The zero-order valence-corrected chi connectivity index (χ0v) is 25.9. The lowest BCUT2D eigenvalue weighted by molar-refractivity contribution is 0.0690. The molecule has 1 amide bonds. The zero-order valence-electron chi connectivity index (χ0n) is 25.1. The van der Waals surface area contributed by atoms with Crippen molar-refractivity contribution < 1.29 is 37.3 Å². The molecular weight excluding hydrogens is 586 g/mol. The fourth-order valence-electron chi connectivity index (χ4n) is 5.46. The normalized spacial score (nSPS) is 17.0. The Morgan fingerprint density at radius 2 is 1.86 bits per heavy atom. The van der Waals surface area contributed by atoms with Crippen molar-refractivity contribution in [2.24, 2.45) is 11.7 Å². The van der Waals surface area contributed by atoms with Gasteiger partial charge in [0.1, 0.15) is 27.7 Å². The molecule has 1 aliphatic carbocycles. The van der Waals surface area contributed by atoms with Crippen molar-refractivity contribution in [3.63, 3.8) is 0 Å². The van der Waals surface area contributed by atoms with E-state index in [2.05, 4.69) is 4.72 Å². The second-order valence-electron chi connectivity index (χ2n) is 11.9. The summed E-state index contributed by atoms with van der Waals surface area (Å²) in [4.78, 5) is 27.7. The predicted octanol–water partition coefficient (Wildman–Crippen LogP) is 4.47. The Morgan fingerprint density at radius 1 is 1.11 bits per heavy atom. The minimum atomic E-state index is -4.43. The summed E-state index contributed by atoms with van der Waals surface area (Å²) < 4.78 is 46.7. The molecule has 0 saturated heterocycles. The van der Waals surface area contributed by atoms with Crippen LogP contribution in [0.1, 0.15) is 64.4 Å². The number of methoxy groups -OCH3 is 2. The van der Waals surface area contributed by atoms with Crippen LogP contribution >= 0.6 is 0 Å². The summed E-state index contributed by atoms with van der Waals surface area (Å²) in [6.45, 7) is 4.42. The molecule has 0 radical (unpaired) electrons. The topological polar surface area (TPSA) is 157 Å². The molecule has 1 saturated carbocycles. The van der Waals surface area contributed by atoms with Crippen molar-refractivity contribution >= 4 is 27.6 Å². The van der Waals surface area contributed by atoms with Gasteiger partial charge in [0.25, 0.3) is 15.9 Å². The van der Waals surface area contributed by atoms with E-state index in [0.717, 1.165) is 12.0 Å². The maximum atomic E-state index is 14.1. The fourth-order valence-corrected chi connectivity index (χ4v) is 6.73. The Bertz CT molecular complexity index is 1700. The van der Waals surface area contributed by atoms with E-state index in [9.17, 15) is 23.1 Å². The summed E-state index contributed by atoms with van der Waals surface area (Å²) in [5, 5.41) is 10.0. The molecule has 1 aliphatic heterocycles. The van der Waals surface area contributed by atoms with Crippen LogP contribution in [-0.2, 0) is 16.6 Å². The first-order valence-corrected chi connectivity index (χ1v) is 15.7. The highest BCUT2D eigenvalue weighted by molar-refractivity contribution is 7.92. The van der Waals surface area contributed by atoms with Gasteiger partial charge in [0.05, 0.1) is 32.1 Å². The molecular formula is C32H37N3O8S. The number of sulfonamides is 1. The Morgan fingerprint density at radius 3 is 2.55 bits per heavy atom. The Labute approximate surface area is 257 Å². The molecule has 234 valence electrons. The smallest absolute Gasteiger partial charge is 0.341 e. The van der Waals surface area contributed by atoms with Gasteiger partial charge >= 0.3 is 5.97 Å². The first-order chi connectivity index (χ1) is 20.8. The van der Waals surface area contributed by atoms with Gasteiger partial charge < -0.3 is 30.0 Å². The van der Waals surface area contributed by atoms with Crippen LogP contribution in [0.3, 0.4) is 0 Å². The van der Waals surface area contributed by atoms with Gasteiger partial charge in [-0.05, 0) is 68.5 Å². The number of carboxylic acids is 1. The van der Waals surface area contributed by atoms with Gasteiger partial charge in [-0.15, -0.1) is 0 Å². The van der Waals surface area contributed by atoms with Gasteiger partial charge in [0.15, 0.2) is 0 Å². The van der Waals surface area contributed by atoms with Gasteiger partial charge in [-0.2, -0.15) is 0 Å². The second kappa shape index (κ2) is 12.0. The molecule has 11 nitrogen and oxygen atoms in total. The van der Waals surface area contributed by atoms with Crippen molar-refractivity contribution in [1.29, 1.82) is 0 Å². The lowest BCUT2D eigenvalue weighted by atomic mass is 10.0. The predicted molar refractivity (Wildman–Crippen MR) is 164 cm³/mol. The first-order valence-electron chi connectivity index (χ1n) is 14.3. The van der Waals surface area contributed by atoms with E-state index in [0.29, 0.717) is 36.0 Å². The summed E-state index contributed by atoms with van der Waals surface area (Å²) in [7, 11) is -1.37. The van der Waals surface area contributed by atoms with Crippen LogP contribution < -0.4 is 24.7 Å². The summed E-state index contributed by atoms with van der Waals surface area (Å²) in [6, 6.07) is 14.2. The summed E-state index contributed by atoms with van der Waals surface area (Å²) in [5.41, 5.74) is 6.64. The molecule has 5 rings (SSSR count). The van der Waals surface area contributed by atoms with Crippen molar-refractivity contribution in [2.75, 3.05) is 32.1 Å². The third-order valence-electron chi connectivity index (χ3n) is 7.99. The molecule has 2 unspecified atom stereocenters. The zero-order chi connectivity index (χ0) is 31.8. The molecule has 3 aromatic rings. The number of anilines is 1. The molecule has 2 aliphatic rings. The number of nitrogens with zero attached hydrogens (tertiary/aromatic N) is 1.